The van der Waals surface area contributed by atoms with E-state index < -0.39 is 0 Å². The van der Waals surface area contributed by atoms with Crippen LogP contribution in [0.4, 0.5) is 0 Å². The summed E-state index contributed by atoms with van der Waals surface area (Å²) >= 11 is 0. The Bertz CT molecular complexity index is 2120. The second kappa shape index (κ2) is 11.6. The minimum absolute atomic E-state index is 0.161. The molecule has 224 valence electrons. The Balaban J connectivity index is 1.50. The highest BCUT2D eigenvalue weighted by molar-refractivity contribution is 7.11. The van der Waals surface area contributed by atoms with E-state index in [2.05, 4.69) is 169 Å². The van der Waals surface area contributed by atoms with Gasteiger partial charge in [-0.25, -0.2) is 4.57 Å². The van der Waals surface area contributed by atoms with E-state index in [4.69, 9.17) is 0 Å². The summed E-state index contributed by atoms with van der Waals surface area (Å²) in [5, 5.41) is 0. The van der Waals surface area contributed by atoms with Crippen molar-refractivity contribution in [2.75, 3.05) is 0 Å². The molecule has 0 amide bonds. The highest BCUT2D eigenvalue weighted by atomic mass is 14.9. The molecule has 0 aliphatic carbocycles. The maximum absolute atomic E-state index is 2.51. The molecular formula is C43H42B2N+. The molecule has 0 fully saturated rings. The minimum atomic E-state index is 0.161. The normalized spacial score (nSPS) is 12.3. The van der Waals surface area contributed by atoms with Gasteiger partial charge >= 0.3 is 0 Å². The molecule has 3 heteroatoms. The molecule has 0 unspecified atom stereocenters. The standard InChI is InChI=1S/C43H42B2N/c1-27-23-32(6)33(7)36(24-27)41-26-35(21-22-46(41)8)34-19-20-39-40(25-34)45(43-30(4)15-12-16-31(43)5)38-18-10-9-17-37(38)44(39)42-28(2)13-11-14-29(42)3/h9-26H,1-8H3/q+1. The summed E-state index contributed by atoms with van der Waals surface area (Å²) in [6.45, 7) is 16.1. The molecule has 0 N–H and O–H groups in total. The lowest BCUT2D eigenvalue weighted by Gasteiger charge is -2.34. The molecule has 0 saturated carbocycles. The lowest BCUT2D eigenvalue weighted by Crippen LogP contribution is -2.75. The monoisotopic (exact) mass is 594 g/mol. The van der Waals surface area contributed by atoms with Gasteiger partial charge in [0.15, 0.2) is 6.20 Å². The highest BCUT2D eigenvalue weighted by Crippen LogP contribution is 2.28. The van der Waals surface area contributed by atoms with Gasteiger partial charge in [-0.3, -0.25) is 0 Å². The number of rotatable bonds is 4. The Morgan fingerprint density at radius 3 is 1.57 bits per heavy atom. The van der Waals surface area contributed by atoms with Crippen molar-refractivity contribution in [3.05, 3.63) is 148 Å². The molecule has 1 aliphatic heterocycles. The number of hydrogen-bond donors (Lipinski definition) is 0. The number of aromatic nitrogens is 1. The van der Waals surface area contributed by atoms with E-state index in [1.807, 2.05) is 0 Å². The van der Waals surface area contributed by atoms with Gasteiger partial charge in [-0.1, -0.05) is 146 Å². The van der Waals surface area contributed by atoms with Crippen LogP contribution < -0.4 is 37.3 Å². The molecule has 1 aliphatic rings. The predicted molar refractivity (Wildman–Crippen MR) is 200 cm³/mol. The zero-order chi connectivity index (χ0) is 32.3. The first-order valence-corrected chi connectivity index (χ1v) is 16.6. The largest absolute Gasteiger partial charge is 0.240 e. The maximum Gasteiger partial charge on any atom is 0.240 e. The molecule has 0 bridgehead atoms. The van der Waals surface area contributed by atoms with E-state index in [1.54, 1.807) is 0 Å². The van der Waals surface area contributed by atoms with E-state index in [0.29, 0.717) is 0 Å². The number of pyridine rings is 1. The molecule has 1 aromatic heterocycles. The van der Waals surface area contributed by atoms with E-state index in [-0.39, 0.29) is 13.4 Å². The first kappa shape index (κ1) is 30.1. The highest BCUT2D eigenvalue weighted by Gasteiger charge is 2.40. The van der Waals surface area contributed by atoms with E-state index >= 15 is 0 Å². The third-order valence-electron chi connectivity index (χ3n) is 10.6. The van der Waals surface area contributed by atoms with Crippen molar-refractivity contribution >= 4 is 46.2 Å². The number of nitrogens with zero attached hydrogens (tertiary/aromatic N) is 1. The van der Waals surface area contributed by atoms with Gasteiger partial charge < -0.3 is 0 Å². The van der Waals surface area contributed by atoms with Gasteiger partial charge in [0.1, 0.15) is 7.05 Å². The van der Waals surface area contributed by atoms with Crippen molar-refractivity contribution in [1.29, 1.82) is 0 Å². The molecule has 7 rings (SSSR count). The van der Waals surface area contributed by atoms with Crippen LogP contribution >= 0.6 is 0 Å². The molecule has 0 spiro atoms. The summed E-state index contributed by atoms with van der Waals surface area (Å²) in [6.07, 6.45) is 2.22. The van der Waals surface area contributed by atoms with Crippen molar-refractivity contribution in [2.24, 2.45) is 7.05 Å². The molecule has 46 heavy (non-hydrogen) atoms. The van der Waals surface area contributed by atoms with Crippen molar-refractivity contribution in [3.8, 4) is 22.4 Å². The Morgan fingerprint density at radius 2 is 0.978 bits per heavy atom. The summed E-state index contributed by atoms with van der Waals surface area (Å²) in [7, 11) is 2.16. The fraction of sp³-hybridized carbons (Fsp3) is 0.186. The average Bonchev–Trinajstić information content (AvgIpc) is 3.03. The maximum atomic E-state index is 2.51. The zero-order valence-electron chi connectivity index (χ0n) is 28.5. The Labute approximate surface area is 276 Å². The van der Waals surface area contributed by atoms with Gasteiger partial charge in [0.2, 0.25) is 19.1 Å². The molecule has 1 nitrogen and oxygen atoms in total. The summed E-state index contributed by atoms with van der Waals surface area (Å²) in [5.74, 6) is 0. The SMILES string of the molecule is Cc1cc(C)c(C)c(-c2cc(-c3ccc4c(c3)B(c3c(C)cccc3C)c3ccccc3B4c3c(C)cccc3C)cc[n+]2C)c1. The summed E-state index contributed by atoms with van der Waals surface area (Å²) < 4.78 is 2.26. The van der Waals surface area contributed by atoms with Crippen molar-refractivity contribution in [1.82, 2.24) is 0 Å². The second-order valence-corrected chi connectivity index (χ2v) is 13.6. The first-order chi connectivity index (χ1) is 22.1. The van der Waals surface area contributed by atoms with Crippen molar-refractivity contribution in [3.63, 3.8) is 0 Å². The Kier molecular flexibility index (Phi) is 7.60. The van der Waals surface area contributed by atoms with Gasteiger partial charge in [-0.05, 0) is 76.8 Å². The number of aryl methyl sites for hydroxylation is 7. The molecular weight excluding hydrogens is 552 g/mol. The average molecular weight is 594 g/mol. The third kappa shape index (κ3) is 4.94. The van der Waals surface area contributed by atoms with Crippen LogP contribution in [0.1, 0.15) is 38.9 Å². The van der Waals surface area contributed by atoms with Gasteiger partial charge in [-0.2, -0.15) is 0 Å². The molecule has 0 atom stereocenters. The fourth-order valence-electron chi connectivity index (χ4n) is 8.15. The van der Waals surface area contributed by atoms with Crippen molar-refractivity contribution < 1.29 is 4.57 Å². The molecule has 5 aromatic carbocycles. The van der Waals surface area contributed by atoms with E-state index in [9.17, 15) is 0 Å². The molecule has 6 aromatic rings. The van der Waals surface area contributed by atoms with E-state index in [1.165, 1.54) is 94.1 Å². The zero-order valence-corrected chi connectivity index (χ0v) is 28.5. The lowest BCUT2D eigenvalue weighted by molar-refractivity contribution is -0.660. The lowest BCUT2D eigenvalue weighted by atomic mass is 9.20. The van der Waals surface area contributed by atoms with Crippen LogP contribution in [-0.2, 0) is 7.05 Å². The van der Waals surface area contributed by atoms with E-state index in [0.717, 1.165) is 0 Å². The molecule has 2 heterocycles. The van der Waals surface area contributed by atoms with Crippen LogP contribution in [0.25, 0.3) is 22.4 Å². The molecule has 0 saturated heterocycles. The van der Waals surface area contributed by atoms with Gasteiger partial charge in [-0.15, -0.1) is 0 Å². The van der Waals surface area contributed by atoms with Crippen LogP contribution in [0.3, 0.4) is 0 Å². The number of hydrogen-bond acceptors (Lipinski definition) is 0. The predicted octanol–water partition coefficient (Wildman–Crippen LogP) is 5.35. The van der Waals surface area contributed by atoms with Gasteiger partial charge in [0, 0.05) is 17.7 Å². The van der Waals surface area contributed by atoms with Crippen LogP contribution in [-0.4, -0.2) is 13.4 Å². The number of fused-ring (bicyclic) bond motifs is 2. The van der Waals surface area contributed by atoms with Crippen LogP contribution in [0.15, 0.2) is 109 Å². The van der Waals surface area contributed by atoms with Gasteiger partial charge in [0.05, 0.1) is 0 Å². The second-order valence-electron chi connectivity index (χ2n) is 13.6. The smallest absolute Gasteiger partial charge is 0.201 e. The molecule has 0 radical (unpaired) electrons. The summed E-state index contributed by atoms with van der Waals surface area (Å²) in [5.41, 5.74) is 23.0. The Hall–Kier alpha value is -4.62. The van der Waals surface area contributed by atoms with Crippen molar-refractivity contribution in [2.45, 2.75) is 48.5 Å². The van der Waals surface area contributed by atoms with Crippen LogP contribution in [0.5, 0.6) is 0 Å². The van der Waals surface area contributed by atoms with Crippen LogP contribution in [0, 0.1) is 48.5 Å². The number of benzene rings is 5. The topological polar surface area (TPSA) is 3.88 Å². The van der Waals surface area contributed by atoms with Crippen LogP contribution in [0.2, 0.25) is 0 Å². The van der Waals surface area contributed by atoms with Gasteiger partial charge in [0.25, 0.3) is 0 Å². The fourth-order valence-corrected chi connectivity index (χ4v) is 8.15. The summed E-state index contributed by atoms with van der Waals surface area (Å²) in [6, 6.07) is 39.3. The minimum Gasteiger partial charge on any atom is -0.201 e. The third-order valence-corrected chi connectivity index (χ3v) is 10.6. The Morgan fingerprint density at radius 1 is 0.457 bits per heavy atom. The first-order valence-electron chi connectivity index (χ1n) is 16.6. The summed E-state index contributed by atoms with van der Waals surface area (Å²) in [4.78, 5) is 0. The quantitative estimate of drug-likeness (QED) is 0.191.